The van der Waals surface area contributed by atoms with Gasteiger partial charge in [0.1, 0.15) is 11.7 Å². The summed E-state index contributed by atoms with van der Waals surface area (Å²) in [5.74, 6) is -0.113. The number of nitrogens with one attached hydrogen (secondary N) is 2. The van der Waals surface area contributed by atoms with Crippen LogP contribution in [-0.4, -0.2) is 17.6 Å². The van der Waals surface area contributed by atoms with Crippen molar-refractivity contribution in [1.29, 1.82) is 0 Å². The van der Waals surface area contributed by atoms with E-state index in [4.69, 9.17) is 17.0 Å². The summed E-state index contributed by atoms with van der Waals surface area (Å²) in [6.07, 6.45) is 0. The summed E-state index contributed by atoms with van der Waals surface area (Å²) in [7, 11) is 0. The number of thiocarbonyl (C=S) groups is 1. The van der Waals surface area contributed by atoms with Gasteiger partial charge in [-0.05, 0) is 31.6 Å². The van der Waals surface area contributed by atoms with Crippen LogP contribution >= 0.6 is 12.2 Å². The Hall–Kier alpha value is -1.88. The third-order valence-electron chi connectivity index (χ3n) is 2.85. The third-order valence-corrected chi connectivity index (χ3v) is 3.20. The highest BCUT2D eigenvalue weighted by molar-refractivity contribution is 7.80. The fourth-order valence-corrected chi connectivity index (χ4v) is 2.18. The molecule has 0 aromatic heterocycles. The SMILES string of the molecule is CCOC(=S)C(NC1=C(C)NC1=O)c1ccccc1. The van der Waals surface area contributed by atoms with E-state index in [0.717, 1.165) is 11.3 Å². The Bertz CT molecular complexity index is 526. The van der Waals surface area contributed by atoms with Gasteiger partial charge in [0.05, 0.1) is 6.61 Å². The molecule has 0 spiro atoms. The van der Waals surface area contributed by atoms with E-state index in [1.165, 1.54) is 0 Å². The molecule has 0 saturated carbocycles. The molecule has 0 bridgehead atoms. The van der Waals surface area contributed by atoms with Gasteiger partial charge in [-0.25, -0.2) is 0 Å². The third kappa shape index (κ3) is 2.93. The van der Waals surface area contributed by atoms with Gasteiger partial charge in [0.2, 0.25) is 0 Å². The number of carbonyl (C=O) groups is 1. The molecular formula is C14H16N2O2S. The molecule has 1 aliphatic heterocycles. The van der Waals surface area contributed by atoms with Gasteiger partial charge in [0.15, 0.2) is 5.05 Å². The van der Waals surface area contributed by atoms with Crippen LogP contribution < -0.4 is 10.6 Å². The first-order valence-electron chi connectivity index (χ1n) is 6.13. The fourth-order valence-electron chi connectivity index (χ4n) is 1.87. The van der Waals surface area contributed by atoms with Gasteiger partial charge < -0.3 is 15.4 Å². The highest BCUT2D eigenvalue weighted by Crippen LogP contribution is 2.20. The molecular weight excluding hydrogens is 260 g/mol. The molecule has 0 radical (unpaired) electrons. The molecule has 19 heavy (non-hydrogen) atoms. The topological polar surface area (TPSA) is 50.4 Å². The van der Waals surface area contributed by atoms with Crippen LogP contribution in [0.3, 0.4) is 0 Å². The average molecular weight is 276 g/mol. The predicted octanol–water partition coefficient (Wildman–Crippen LogP) is 2.04. The summed E-state index contributed by atoms with van der Waals surface area (Å²) in [4.78, 5) is 11.5. The van der Waals surface area contributed by atoms with E-state index >= 15 is 0 Å². The smallest absolute Gasteiger partial charge is 0.273 e. The molecule has 1 aliphatic rings. The monoisotopic (exact) mass is 276 g/mol. The zero-order valence-corrected chi connectivity index (χ0v) is 11.7. The number of carbonyl (C=O) groups excluding carboxylic acids is 1. The van der Waals surface area contributed by atoms with E-state index in [2.05, 4.69) is 10.6 Å². The second kappa shape index (κ2) is 5.84. The Morgan fingerprint density at radius 2 is 2.11 bits per heavy atom. The lowest BCUT2D eigenvalue weighted by Gasteiger charge is -2.28. The van der Waals surface area contributed by atoms with Gasteiger partial charge in [-0.3, -0.25) is 4.79 Å². The molecule has 0 aliphatic carbocycles. The van der Waals surface area contributed by atoms with Gasteiger partial charge in [-0.2, -0.15) is 0 Å². The quantitative estimate of drug-likeness (QED) is 0.808. The lowest BCUT2D eigenvalue weighted by Crippen LogP contribution is -2.45. The molecule has 2 rings (SSSR count). The Morgan fingerprint density at radius 3 is 2.63 bits per heavy atom. The Balaban J connectivity index is 2.23. The molecule has 2 N–H and O–H groups in total. The number of allylic oxidation sites excluding steroid dienone is 1. The van der Waals surface area contributed by atoms with Crippen LogP contribution in [0.4, 0.5) is 0 Å². The summed E-state index contributed by atoms with van der Waals surface area (Å²) in [6, 6.07) is 9.41. The number of amides is 1. The van der Waals surface area contributed by atoms with Crippen molar-refractivity contribution in [2.24, 2.45) is 0 Å². The minimum atomic E-state index is -0.299. The van der Waals surface area contributed by atoms with E-state index in [9.17, 15) is 4.79 Å². The molecule has 0 saturated heterocycles. The fraction of sp³-hybridized carbons (Fsp3) is 0.286. The summed E-state index contributed by atoms with van der Waals surface area (Å²) in [5.41, 5.74) is 2.36. The second-order valence-corrected chi connectivity index (χ2v) is 4.60. The Kier molecular flexibility index (Phi) is 4.16. The van der Waals surface area contributed by atoms with Crippen LogP contribution in [0, 0.1) is 0 Å². The molecule has 1 heterocycles. The van der Waals surface area contributed by atoms with Crippen molar-refractivity contribution in [2.75, 3.05) is 6.61 Å². The van der Waals surface area contributed by atoms with Gasteiger partial charge in [-0.15, -0.1) is 0 Å². The molecule has 1 atom stereocenters. The second-order valence-electron chi connectivity index (χ2n) is 4.19. The van der Waals surface area contributed by atoms with Crippen molar-refractivity contribution >= 4 is 23.2 Å². The van der Waals surface area contributed by atoms with Crippen LogP contribution in [0.25, 0.3) is 0 Å². The van der Waals surface area contributed by atoms with Crippen molar-refractivity contribution in [2.45, 2.75) is 19.9 Å². The standard InChI is InChI=1S/C14H16N2O2S/c1-3-18-14(19)12(10-7-5-4-6-8-10)16-11-9(2)15-13(11)17/h4-8,12,16H,3H2,1-2H3,(H,15,17). The van der Waals surface area contributed by atoms with Crippen molar-refractivity contribution < 1.29 is 9.53 Å². The van der Waals surface area contributed by atoms with E-state index in [-0.39, 0.29) is 11.9 Å². The van der Waals surface area contributed by atoms with Crippen molar-refractivity contribution in [3.05, 3.63) is 47.3 Å². The van der Waals surface area contributed by atoms with Gasteiger partial charge >= 0.3 is 0 Å². The van der Waals surface area contributed by atoms with E-state index < -0.39 is 0 Å². The van der Waals surface area contributed by atoms with E-state index in [1.807, 2.05) is 44.2 Å². The molecule has 0 fully saturated rings. The van der Waals surface area contributed by atoms with Crippen LogP contribution in [0.15, 0.2) is 41.7 Å². The minimum absolute atomic E-state index is 0.113. The maximum Gasteiger partial charge on any atom is 0.273 e. The highest BCUT2D eigenvalue weighted by Gasteiger charge is 2.28. The average Bonchev–Trinajstić information content (AvgIpc) is 2.40. The highest BCUT2D eigenvalue weighted by atomic mass is 32.1. The van der Waals surface area contributed by atoms with Crippen molar-refractivity contribution in [3.63, 3.8) is 0 Å². The lowest BCUT2D eigenvalue weighted by molar-refractivity contribution is -0.119. The van der Waals surface area contributed by atoms with Crippen molar-refractivity contribution in [1.82, 2.24) is 10.6 Å². The largest absolute Gasteiger partial charge is 0.485 e. The van der Waals surface area contributed by atoms with Gasteiger partial charge in [0, 0.05) is 5.70 Å². The zero-order chi connectivity index (χ0) is 13.8. The Labute approximate surface area is 117 Å². The number of rotatable bonds is 5. The molecule has 5 heteroatoms. The number of hydrogen-bond acceptors (Lipinski definition) is 4. The normalized spacial score (nSPS) is 15.4. The van der Waals surface area contributed by atoms with Crippen LogP contribution in [0.2, 0.25) is 0 Å². The predicted molar refractivity (Wildman–Crippen MR) is 77.4 cm³/mol. The maximum atomic E-state index is 11.5. The van der Waals surface area contributed by atoms with Crippen LogP contribution in [-0.2, 0) is 9.53 Å². The molecule has 1 amide bonds. The number of hydrogen-bond donors (Lipinski definition) is 2. The van der Waals surface area contributed by atoms with Gasteiger partial charge in [0.25, 0.3) is 5.91 Å². The van der Waals surface area contributed by atoms with E-state index in [0.29, 0.717) is 17.4 Å². The van der Waals surface area contributed by atoms with E-state index in [1.54, 1.807) is 0 Å². The maximum absolute atomic E-state index is 11.5. The lowest BCUT2D eigenvalue weighted by atomic mass is 10.1. The number of benzene rings is 1. The molecule has 1 aromatic carbocycles. The summed E-state index contributed by atoms with van der Waals surface area (Å²) in [5, 5.41) is 6.27. The molecule has 100 valence electrons. The summed E-state index contributed by atoms with van der Waals surface area (Å²) in [6.45, 7) is 4.23. The first-order valence-corrected chi connectivity index (χ1v) is 6.54. The summed E-state index contributed by atoms with van der Waals surface area (Å²) < 4.78 is 5.41. The van der Waals surface area contributed by atoms with Gasteiger partial charge in [-0.1, -0.05) is 30.3 Å². The molecule has 1 unspecified atom stereocenters. The minimum Gasteiger partial charge on any atom is -0.485 e. The van der Waals surface area contributed by atoms with Crippen LogP contribution in [0.5, 0.6) is 0 Å². The first-order chi connectivity index (χ1) is 9.13. The first kappa shape index (κ1) is 13.5. The Morgan fingerprint density at radius 1 is 1.42 bits per heavy atom. The summed E-state index contributed by atoms with van der Waals surface area (Å²) >= 11 is 5.29. The number of ether oxygens (including phenoxy) is 1. The molecule has 1 aromatic rings. The zero-order valence-electron chi connectivity index (χ0n) is 10.9. The molecule has 4 nitrogen and oxygen atoms in total. The van der Waals surface area contributed by atoms with Crippen LogP contribution in [0.1, 0.15) is 25.5 Å². The van der Waals surface area contributed by atoms with Crippen molar-refractivity contribution in [3.8, 4) is 0 Å².